The van der Waals surface area contributed by atoms with Crippen molar-refractivity contribution in [3.63, 3.8) is 0 Å². The molecule has 1 aromatic rings. The molecule has 1 aliphatic heterocycles. The Labute approximate surface area is 138 Å². The second-order valence-corrected chi connectivity index (χ2v) is 6.22. The molecule has 0 aromatic heterocycles. The lowest BCUT2D eigenvalue weighted by Crippen LogP contribution is -2.58. The number of aromatic hydroxyl groups is 1. The van der Waals surface area contributed by atoms with Crippen LogP contribution in [-0.2, 0) is 14.3 Å². The van der Waals surface area contributed by atoms with Crippen LogP contribution in [0.15, 0.2) is 23.8 Å². The van der Waals surface area contributed by atoms with Crippen molar-refractivity contribution in [3.8, 4) is 11.5 Å². The van der Waals surface area contributed by atoms with Crippen molar-refractivity contribution in [1.29, 1.82) is 0 Å². The van der Waals surface area contributed by atoms with Crippen LogP contribution in [0.2, 0.25) is 0 Å². The Morgan fingerprint density at radius 3 is 2.75 bits per heavy atom. The van der Waals surface area contributed by atoms with Crippen molar-refractivity contribution in [2.75, 3.05) is 6.61 Å². The Morgan fingerprint density at radius 1 is 1.38 bits per heavy atom. The van der Waals surface area contributed by atoms with Crippen LogP contribution in [0.1, 0.15) is 25.8 Å². The van der Waals surface area contributed by atoms with Crippen LogP contribution in [0, 0.1) is 5.92 Å². The third-order valence-corrected chi connectivity index (χ3v) is 4.43. The van der Waals surface area contributed by atoms with Crippen LogP contribution in [0.3, 0.4) is 0 Å². The summed E-state index contributed by atoms with van der Waals surface area (Å²) in [7, 11) is 0. The fraction of sp³-hybridized carbons (Fsp3) is 0.412. The minimum atomic E-state index is -2.00. The number of hydrogen-bond acceptors (Lipinski definition) is 7. The summed E-state index contributed by atoms with van der Waals surface area (Å²) in [6.45, 7) is 2.48. The van der Waals surface area contributed by atoms with Crippen LogP contribution in [0.25, 0.3) is 5.76 Å². The van der Waals surface area contributed by atoms with E-state index in [0.29, 0.717) is 0 Å². The van der Waals surface area contributed by atoms with E-state index < -0.39 is 41.7 Å². The average molecular weight is 334 g/mol. The second-order valence-electron chi connectivity index (χ2n) is 6.22. The number of Topliss-reactive ketones (excluding diaryl/α,β-unsaturated/α-hetero) is 1. The van der Waals surface area contributed by atoms with Gasteiger partial charge in [-0.05, 0) is 12.1 Å². The predicted molar refractivity (Wildman–Crippen MR) is 82.4 cm³/mol. The number of carbonyl (C=O) groups excluding carboxylic acids is 2. The molecule has 1 fully saturated rings. The summed E-state index contributed by atoms with van der Waals surface area (Å²) in [5.41, 5.74) is -2.37. The van der Waals surface area contributed by atoms with Gasteiger partial charge < -0.3 is 24.8 Å². The third-order valence-electron chi connectivity index (χ3n) is 4.43. The summed E-state index contributed by atoms with van der Waals surface area (Å²) in [6.07, 6.45) is -1.07. The largest absolute Gasteiger partial charge is 0.507 e. The van der Waals surface area contributed by atoms with Gasteiger partial charge in [0, 0.05) is 19.3 Å². The zero-order valence-corrected chi connectivity index (χ0v) is 13.3. The quantitative estimate of drug-likeness (QED) is 0.664. The van der Waals surface area contributed by atoms with Crippen LogP contribution < -0.4 is 4.74 Å². The molecule has 0 unspecified atom stereocenters. The molecule has 0 bridgehead atoms. The van der Waals surface area contributed by atoms with Gasteiger partial charge in [-0.2, -0.15) is 0 Å². The van der Waals surface area contributed by atoms with Gasteiger partial charge in [-0.1, -0.05) is 13.0 Å². The molecule has 1 saturated carbocycles. The number of esters is 1. The minimum Gasteiger partial charge on any atom is -0.507 e. The SMILES string of the molecule is CC(=O)O[C@H]1[C@@H](C)CC(=O)C2=C(O)c3c(O)cccc3OC[C@]21O. The van der Waals surface area contributed by atoms with Crippen molar-refractivity contribution >= 4 is 17.5 Å². The Kier molecular flexibility index (Phi) is 3.76. The monoisotopic (exact) mass is 334 g/mol. The average Bonchev–Trinajstić information content (AvgIpc) is 2.60. The molecule has 0 amide bonds. The van der Waals surface area contributed by atoms with E-state index in [-0.39, 0.29) is 29.1 Å². The predicted octanol–water partition coefficient (Wildman–Crippen LogP) is 1.33. The summed E-state index contributed by atoms with van der Waals surface area (Å²) in [5.74, 6) is -2.26. The standard InChI is InChI=1S/C17H18O7/c1-8-6-11(20)14-15(21)13-10(19)4-3-5-12(13)23-7-17(14,22)16(8)24-9(2)18/h3-5,8,16,19,21-22H,6-7H2,1-2H3/t8-,16-,17-/m0/s1. The number of ether oxygens (including phenoxy) is 2. The third kappa shape index (κ3) is 2.32. The van der Waals surface area contributed by atoms with Crippen molar-refractivity contribution in [3.05, 3.63) is 29.3 Å². The molecule has 24 heavy (non-hydrogen) atoms. The number of aliphatic hydroxyl groups is 2. The maximum Gasteiger partial charge on any atom is 0.303 e. The number of fused-ring (bicyclic) bond motifs is 2. The summed E-state index contributed by atoms with van der Waals surface area (Å²) in [5, 5.41) is 31.8. The zero-order valence-electron chi connectivity index (χ0n) is 13.3. The topological polar surface area (TPSA) is 113 Å². The van der Waals surface area contributed by atoms with Gasteiger partial charge in [0.25, 0.3) is 0 Å². The lowest BCUT2D eigenvalue weighted by Gasteiger charge is -2.42. The molecule has 2 aliphatic rings. The molecule has 1 aliphatic carbocycles. The van der Waals surface area contributed by atoms with Gasteiger partial charge in [-0.25, -0.2) is 0 Å². The number of hydrogen-bond donors (Lipinski definition) is 3. The Morgan fingerprint density at radius 2 is 2.08 bits per heavy atom. The van der Waals surface area contributed by atoms with Crippen molar-refractivity contribution in [2.45, 2.75) is 32.0 Å². The first-order valence-electron chi connectivity index (χ1n) is 7.57. The van der Waals surface area contributed by atoms with Gasteiger partial charge in [0.15, 0.2) is 11.4 Å². The smallest absolute Gasteiger partial charge is 0.303 e. The molecule has 0 saturated heterocycles. The molecule has 7 nitrogen and oxygen atoms in total. The van der Waals surface area contributed by atoms with Gasteiger partial charge in [-0.15, -0.1) is 0 Å². The highest BCUT2D eigenvalue weighted by atomic mass is 16.6. The molecule has 3 N–H and O–H groups in total. The van der Waals surface area contributed by atoms with E-state index in [0.717, 1.165) is 0 Å². The molecule has 1 heterocycles. The summed E-state index contributed by atoms with van der Waals surface area (Å²) in [4.78, 5) is 23.9. The van der Waals surface area contributed by atoms with E-state index in [1.54, 1.807) is 6.92 Å². The van der Waals surface area contributed by atoms with E-state index in [4.69, 9.17) is 9.47 Å². The maximum absolute atomic E-state index is 12.5. The van der Waals surface area contributed by atoms with E-state index in [1.165, 1.54) is 25.1 Å². The van der Waals surface area contributed by atoms with Gasteiger partial charge >= 0.3 is 5.97 Å². The fourth-order valence-electron chi connectivity index (χ4n) is 3.43. The molecule has 3 atom stereocenters. The van der Waals surface area contributed by atoms with Crippen molar-refractivity contribution < 1.29 is 34.4 Å². The number of rotatable bonds is 1. The normalized spacial score (nSPS) is 29.2. The van der Waals surface area contributed by atoms with Crippen LogP contribution in [-0.4, -0.2) is 45.4 Å². The number of benzene rings is 1. The fourth-order valence-corrected chi connectivity index (χ4v) is 3.43. The van der Waals surface area contributed by atoms with Gasteiger partial charge in [0.1, 0.15) is 35.5 Å². The number of aliphatic hydroxyl groups excluding tert-OH is 1. The first kappa shape index (κ1) is 16.3. The highest BCUT2D eigenvalue weighted by Gasteiger charge is 2.55. The minimum absolute atomic E-state index is 0.0113. The lowest BCUT2D eigenvalue weighted by molar-refractivity contribution is -0.174. The molecule has 1 aromatic carbocycles. The summed E-state index contributed by atoms with van der Waals surface area (Å²) in [6, 6.07) is 4.35. The molecule has 0 radical (unpaired) electrons. The molecular formula is C17H18O7. The number of ketones is 1. The summed E-state index contributed by atoms with van der Waals surface area (Å²) >= 11 is 0. The van der Waals surface area contributed by atoms with Crippen molar-refractivity contribution in [1.82, 2.24) is 0 Å². The van der Waals surface area contributed by atoms with E-state index in [9.17, 15) is 24.9 Å². The van der Waals surface area contributed by atoms with Gasteiger partial charge in [-0.3, -0.25) is 9.59 Å². The number of carbonyl (C=O) groups is 2. The van der Waals surface area contributed by atoms with Crippen LogP contribution in [0.5, 0.6) is 11.5 Å². The van der Waals surface area contributed by atoms with Gasteiger partial charge in [0.05, 0.1) is 5.57 Å². The second kappa shape index (κ2) is 5.52. The molecule has 7 heteroatoms. The zero-order chi connectivity index (χ0) is 17.6. The van der Waals surface area contributed by atoms with Crippen LogP contribution >= 0.6 is 0 Å². The molecule has 128 valence electrons. The van der Waals surface area contributed by atoms with E-state index in [2.05, 4.69) is 0 Å². The summed E-state index contributed by atoms with van der Waals surface area (Å²) < 4.78 is 10.8. The number of phenolic OH excluding ortho intramolecular Hbond substituents is 1. The molecular weight excluding hydrogens is 316 g/mol. The molecule has 0 spiro atoms. The Hall–Kier alpha value is -2.54. The van der Waals surface area contributed by atoms with Crippen molar-refractivity contribution in [2.24, 2.45) is 5.92 Å². The first-order valence-corrected chi connectivity index (χ1v) is 7.57. The van der Waals surface area contributed by atoms with E-state index in [1.807, 2.05) is 0 Å². The first-order chi connectivity index (χ1) is 11.3. The van der Waals surface area contributed by atoms with Crippen LogP contribution in [0.4, 0.5) is 0 Å². The Bertz CT molecular complexity index is 751. The van der Waals surface area contributed by atoms with Gasteiger partial charge in [0.2, 0.25) is 0 Å². The van der Waals surface area contributed by atoms with E-state index >= 15 is 0 Å². The number of phenols is 1. The highest BCUT2D eigenvalue weighted by Crippen LogP contribution is 2.46. The Balaban J connectivity index is 2.22. The highest BCUT2D eigenvalue weighted by molar-refractivity contribution is 6.05. The lowest BCUT2D eigenvalue weighted by atomic mass is 9.71. The molecule has 3 rings (SSSR count). The maximum atomic E-state index is 12.5.